The van der Waals surface area contributed by atoms with Crippen LogP contribution in [0.15, 0.2) is 18.2 Å². The van der Waals surface area contributed by atoms with Crippen molar-refractivity contribution < 1.29 is 24.2 Å². The number of aliphatic carboxylic acids is 1. The minimum Gasteiger partial charge on any atom is -0.480 e. The summed E-state index contributed by atoms with van der Waals surface area (Å²) in [5, 5.41) is 20.2. The van der Waals surface area contributed by atoms with Crippen LogP contribution in [-0.2, 0) is 4.79 Å². The molecular weight excluding hydrogens is 356 g/mol. The molecule has 0 aliphatic heterocycles. The first-order valence-corrected chi connectivity index (χ1v) is 6.07. The molecule has 0 saturated carbocycles. The molecule has 0 heterocycles. The molecule has 0 saturated heterocycles. The lowest BCUT2D eigenvalue weighted by molar-refractivity contribution is -0.141. The summed E-state index contributed by atoms with van der Waals surface area (Å²) in [6, 6.07) is 2.12. The molecule has 2 unspecified atom stereocenters. The topological polar surface area (TPSA) is 86.6 Å². The van der Waals surface area contributed by atoms with Crippen molar-refractivity contribution in [2.45, 2.75) is 19.1 Å². The normalized spacial score (nSPS) is 13.8. The second kappa shape index (κ2) is 6.10. The summed E-state index contributed by atoms with van der Waals surface area (Å²) in [6.07, 6.45) is -1.23. The lowest BCUT2D eigenvalue weighted by atomic mass is 10.1. The molecule has 5 nitrogen and oxygen atoms in total. The fourth-order valence-electron chi connectivity index (χ4n) is 1.28. The number of aliphatic hydroxyl groups is 1. The molecule has 0 fully saturated rings. The molecule has 7 heteroatoms. The van der Waals surface area contributed by atoms with Gasteiger partial charge in [-0.1, -0.05) is 0 Å². The van der Waals surface area contributed by atoms with Crippen LogP contribution in [0.5, 0.6) is 0 Å². The summed E-state index contributed by atoms with van der Waals surface area (Å²) >= 11 is 1.77. The largest absolute Gasteiger partial charge is 0.480 e. The SMILES string of the molecule is CC(O)C(NC(=O)c1ccc(F)cc1I)C(=O)O. The minimum atomic E-state index is -1.40. The van der Waals surface area contributed by atoms with E-state index < -0.39 is 29.8 Å². The Morgan fingerprint density at radius 3 is 2.50 bits per heavy atom. The van der Waals surface area contributed by atoms with Crippen molar-refractivity contribution in [2.24, 2.45) is 0 Å². The van der Waals surface area contributed by atoms with E-state index in [4.69, 9.17) is 5.11 Å². The van der Waals surface area contributed by atoms with E-state index in [2.05, 4.69) is 5.32 Å². The van der Waals surface area contributed by atoms with Gasteiger partial charge in [0, 0.05) is 3.57 Å². The Balaban J connectivity index is 2.91. The van der Waals surface area contributed by atoms with Gasteiger partial charge in [-0.2, -0.15) is 0 Å². The van der Waals surface area contributed by atoms with Gasteiger partial charge in [0.1, 0.15) is 5.82 Å². The maximum atomic E-state index is 12.9. The Morgan fingerprint density at radius 2 is 2.06 bits per heavy atom. The van der Waals surface area contributed by atoms with Gasteiger partial charge >= 0.3 is 5.97 Å². The Labute approximate surface area is 116 Å². The minimum absolute atomic E-state index is 0.156. The summed E-state index contributed by atoms with van der Waals surface area (Å²) < 4.78 is 13.2. The van der Waals surface area contributed by atoms with Crippen LogP contribution in [0.3, 0.4) is 0 Å². The highest BCUT2D eigenvalue weighted by Gasteiger charge is 2.26. The Hall–Kier alpha value is -1.22. The van der Waals surface area contributed by atoms with Crippen molar-refractivity contribution in [2.75, 3.05) is 0 Å². The second-order valence-corrected chi connectivity index (χ2v) is 4.82. The molecule has 0 bridgehead atoms. The molecule has 0 aliphatic rings. The first-order chi connectivity index (χ1) is 8.32. The number of carboxylic acid groups (broad SMARTS) is 1. The van der Waals surface area contributed by atoms with Crippen molar-refractivity contribution in [1.82, 2.24) is 5.32 Å². The Kier molecular flexibility index (Phi) is 5.03. The quantitative estimate of drug-likeness (QED) is 0.693. The molecule has 18 heavy (non-hydrogen) atoms. The van der Waals surface area contributed by atoms with E-state index >= 15 is 0 Å². The smallest absolute Gasteiger partial charge is 0.328 e. The van der Waals surface area contributed by atoms with E-state index in [-0.39, 0.29) is 5.56 Å². The van der Waals surface area contributed by atoms with Crippen molar-refractivity contribution >= 4 is 34.5 Å². The van der Waals surface area contributed by atoms with Gasteiger partial charge in [0.05, 0.1) is 11.7 Å². The van der Waals surface area contributed by atoms with Crippen LogP contribution in [0.1, 0.15) is 17.3 Å². The Morgan fingerprint density at radius 1 is 1.44 bits per heavy atom. The highest BCUT2D eigenvalue weighted by Crippen LogP contribution is 2.14. The summed E-state index contributed by atoms with van der Waals surface area (Å²) in [7, 11) is 0. The maximum Gasteiger partial charge on any atom is 0.328 e. The molecular formula is C11H11FINO4. The molecule has 1 rings (SSSR count). The zero-order valence-corrected chi connectivity index (χ0v) is 11.5. The van der Waals surface area contributed by atoms with Gasteiger partial charge in [0.25, 0.3) is 5.91 Å². The van der Waals surface area contributed by atoms with Crippen LogP contribution in [0, 0.1) is 9.39 Å². The number of carboxylic acids is 1. The van der Waals surface area contributed by atoms with Crippen molar-refractivity contribution in [3.63, 3.8) is 0 Å². The molecule has 0 aromatic heterocycles. The molecule has 0 radical (unpaired) electrons. The summed E-state index contributed by atoms with van der Waals surface area (Å²) in [5.41, 5.74) is 0.156. The highest BCUT2D eigenvalue weighted by atomic mass is 127. The number of aliphatic hydroxyl groups excluding tert-OH is 1. The zero-order valence-electron chi connectivity index (χ0n) is 9.35. The predicted molar refractivity (Wildman–Crippen MR) is 69.7 cm³/mol. The van der Waals surface area contributed by atoms with Gasteiger partial charge < -0.3 is 15.5 Å². The van der Waals surface area contributed by atoms with Crippen LogP contribution >= 0.6 is 22.6 Å². The first kappa shape index (κ1) is 14.8. The lowest BCUT2D eigenvalue weighted by Crippen LogP contribution is -2.47. The maximum absolute atomic E-state index is 12.9. The van der Waals surface area contributed by atoms with Crippen molar-refractivity contribution in [3.05, 3.63) is 33.1 Å². The number of benzene rings is 1. The monoisotopic (exact) mass is 367 g/mol. The van der Waals surface area contributed by atoms with Gasteiger partial charge in [-0.05, 0) is 47.7 Å². The number of rotatable bonds is 4. The van der Waals surface area contributed by atoms with Gasteiger partial charge in [-0.15, -0.1) is 0 Å². The number of nitrogens with one attached hydrogen (secondary N) is 1. The number of carbonyl (C=O) groups excluding carboxylic acids is 1. The van der Waals surface area contributed by atoms with Gasteiger partial charge in [-0.25, -0.2) is 9.18 Å². The molecule has 1 aromatic rings. The van der Waals surface area contributed by atoms with Crippen LogP contribution in [0.25, 0.3) is 0 Å². The summed E-state index contributed by atoms with van der Waals surface area (Å²) in [6.45, 7) is 1.26. The number of halogens is 2. The predicted octanol–water partition coefficient (Wildman–Crippen LogP) is 0.994. The van der Waals surface area contributed by atoms with Crippen LogP contribution < -0.4 is 5.32 Å². The average molecular weight is 367 g/mol. The molecule has 1 aromatic carbocycles. The molecule has 0 aliphatic carbocycles. The van der Waals surface area contributed by atoms with Crippen LogP contribution in [0.4, 0.5) is 4.39 Å². The third kappa shape index (κ3) is 3.64. The number of hydrogen-bond acceptors (Lipinski definition) is 3. The van der Waals surface area contributed by atoms with E-state index in [9.17, 15) is 19.1 Å². The third-order valence-electron chi connectivity index (χ3n) is 2.21. The standard InChI is InChI=1S/C11H11FINO4/c1-5(15)9(11(17)18)14-10(16)7-3-2-6(12)4-8(7)13/h2-5,9,15H,1H3,(H,14,16)(H,17,18). The first-order valence-electron chi connectivity index (χ1n) is 4.99. The third-order valence-corrected chi connectivity index (χ3v) is 3.10. The molecule has 98 valence electrons. The number of hydrogen-bond donors (Lipinski definition) is 3. The van der Waals surface area contributed by atoms with E-state index in [0.717, 1.165) is 12.1 Å². The fraction of sp³-hybridized carbons (Fsp3) is 0.273. The van der Waals surface area contributed by atoms with E-state index in [1.165, 1.54) is 13.0 Å². The van der Waals surface area contributed by atoms with Crippen molar-refractivity contribution in [3.8, 4) is 0 Å². The second-order valence-electron chi connectivity index (χ2n) is 3.65. The summed E-state index contributed by atoms with van der Waals surface area (Å²) in [5.74, 6) is -2.50. The van der Waals surface area contributed by atoms with E-state index in [1.54, 1.807) is 22.6 Å². The Bertz CT molecular complexity index is 478. The molecule has 2 atom stereocenters. The molecule has 3 N–H and O–H groups in total. The van der Waals surface area contributed by atoms with Gasteiger partial charge in [-0.3, -0.25) is 4.79 Å². The van der Waals surface area contributed by atoms with Crippen LogP contribution in [-0.4, -0.2) is 34.2 Å². The molecule has 0 spiro atoms. The van der Waals surface area contributed by atoms with Gasteiger partial charge in [0.15, 0.2) is 6.04 Å². The zero-order chi connectivity index (χ0) is 13.9. The highest BCUT2D eigenvalue weighted by molar-refractivity contribution is 14.1. The van der Waals surface area contributed by atoms with Gasteiger partial charge in [0.2, 0.25) is 0 Å². The number of amides is 1. The number of carbonyl (C=O) groups is 2. The van der Waals surface area contributed by atoms with E-state index in [1.807, 2.05) is 0 Å². The molecule has 1 amide bonds. The van der Waals surface area contributed by atoms with Crippen LogP contribution in [0.2, 0.25) is 0 Å². The average Bonchev–Trinajstić information content (AvgIpc) is 2.24. The summed E-state index contributed by atoms with van der Waals surface area (Å²) in [4.78, 5) is 22.6. The fourth-order valence-corrected chi connectivity index (χ4v) is 2.00. The van der Waals surface area contributed by atoms with Crippen molar-refractivity contribution in [1.29, 1.82) is 0 Å². The van der Waals surface area contributed by atoms with E-state index in [0.29, 0.717) is 3.57 Å². The lowest BCUT2D eigenvalue weighted by Gasteiger charge is -2.17.